The third-order valence-electron chi connectivity index (χ3n) is 3.24. The predicted octanol–water partition coefficient (Wildman–Crippen LogP) is 1.20. The summed E-state index contributed by atoms with van der Waals surface area (Å²) in [4.78, 5) is 22.9. The van der Waals surface area contributed by atoms with Gasteiger partial charge in [0.05, 0.1) is 6.04 Å². The molecule has 6 heteroatoms. The molecule has 0 aliphatic carbocycles. The van der Waals surface area contributed by atoms with E-state index >= 15 is 0 Å². The minimum absolute atomic E-state index is 0. The van der Waals surface area contributed by atoms with Crippen LogP contribution in [0, 0.1) is 5.92 Å². The summed E-state index contributed by atoms with van der Waals surface area (Å²) in [5.74, 6) is -0.528. The van der Waals surface area contributed by atoms with E-state index in [0.29, 0.717) is 12.1 Å². The molecule has 20 heavy (non-hydrogen) atoms. The highest BCUT2D eigenvalue weighted by Gasteiger charge is 2.18. The minimum atomic E-state index is -0.510. The first kappa shape index (κ1) is 18.4. The highest BCUT2D eigenvalue weighted by atomic mass is 35.5. The highest BCUT2D eigenvalue weighted by molar-refractivity contribution is 5.92. The van der Waals surface area contributed by atoms with Gasteiger partial charge in [-0.05, 0) is 23.6 Å². The van der Waals surface area contributed by atoms with Gasteiger partial charge in [0.15, 0.2) is 0 Å². The summed E-state index contributed by atoms with van der Waals surface area (Å²) in [6, 6.07) is 6.34. The molecular formula is C14H22ClN3O2. The van der Waals surface area contributed by atoms with Gasteiger partial charge in [-0.1, -0.05) is 32.4 Å². The van der Waals surface area contributed by atoms with Crippen LogP contribution in [0.2, 0.25) is 0 Å². The van der Waals surface area contributed by atoms with E-state index < -0.39 is 11.9 Å². The SMILES string of the molecule is CCC(C)C(N)C(=O)NCc1cccc(C(N)=O)c1.Cl. The van der Waals surface area contributed by atoms with Crippen LogP contribution in [0.1, 0.15) is 36.2 Å². The first-order chi connectivity index (χ1) is 8.95. The van der Waals surface area contributed by atoms with Crippen molar-refractivity contribution < 1.29 is 9.59 Å². The summed E-state index contributed by atoms with van der Waals surface area (Å²) in [5, 5.41) is 2.76. The van der Waals surface area contributed by atoms with Crippen molar-refractivity contribution in [3.63, 3.8) is 0 Å². The van der Waals surface area contributed by atoms with Gasteiger partial charge in [-0.25, -0.2) is 0 Å². The number of hydrogen-bond donors (Lipinski definition) is 3. The van der Waals surface area contributed by atoms with Gasteiger partial charge in [0.25, 0.3) is 0 Å². The van der Waals surface area contributed by atoms with Crippen LogP contribution in [0.25, 0.3) is 0 Å². The fraction of sp³-hybridized carbons (Fsp3) is 0.429. The molecule has 0 bridgehead atoms. The average Bonchev–Trinajstić information content (AvgIpc) is 2.43. The van der Waals surface area contributed by atoms with Crippen LogP contribution in [-0.2, 0) is 11.3 Å². The number of carbonyl (C=O) groups excluding carboxylic acids is 2. The van der Waals surface area contributed by atoms with Crippen LogP contribution >= 0.6 is 12.4 Å². The second-order valence-corrected chi connectivity index (χ2v) is 4.69. The van der Waals surface area contributed by atoms with Crippen molar-refractivity contribution in [1.82, 2.24) is 5.32 Å². The normalized spacial score (nSPS) is 12.9. The smallest absolute Gasteiger partial charge is 0.248 e. The number of benzene rings is 1. The molecule has 0 aliphatic rings. The monoisotopic (exact) mass is 299 g/mol. The number of nitrogens with one attached hydrogen (secondary N) is 1. The molecular weight excluding hydrogens is 278 g/mol. The molecule has 0 fully saturated rings. The first-order valence-corrected chi connectivity index (χ1v) is 6.37. The molecule has 0 heterocycles. The van der Waals surface area contributed by atoms with Crippen molar-refractivity contribution in [2.24, 2.45) is 17.4 Å². The van der Waals surface area contributed by atoms with E-state index in [1.165, 1.54) is 0 Å². The maximum atomic E-state index is 11.8. The van der Waals surface area contributed by atoms with E-state index in [4.69, 9.17) is 11.5 Å². The van der Waals surface area contributed by atoms with E-state index in [1.54, 1.807) is 18.2 Å². The number of nitrogens with two attached hydrogens (primary N) is 2. The molecule has 2 atom stereocenters. The van der Waals surface area contributed by atoms with Crippen LogP contribution in [-0.4, -0.2) is 17.9 Å². The Kier molecular flexibility index (Phi) is 7.87. The number of carbonyl (C=O) groups is 2. The van der Waals surface area contributed by atoms with E-state index in [2.05, 4.69) is 5.32 Å². The standard InChI is InChI=1S/C14H21N3O2.ClH/c1-3-9(2)12(15)14(19)17-8-10-5-4-6-11(7-10)13(16)18;/h4-7,9,12H,3,8,15H2,1-2H3,(H2,16,18)(H,17,19);1H. The highest BCUT2D eigenvalue weighted by Crippen LogP contribution is 2.07. The van der Waals surface area contributed by atoms with Gasteiger partial charge >= 0.3 is 0 Å². The molecule has 112 valence electrons. The zero-order valence-corrected chi connectivity index (χ0v) is 12.6. The first-order valence-electron chi connectivity index (χ1n) is 6.37. The van der Waals surface area contributed by atoms with Crippen molar-refractivity contribution in [3.8, 4) is 0 Å². The molecule has 0 spiro atoms. The van der Waals surface area contributed by atoms with E-state index in [-0.39, 0.29) is 24.2 Å². The van der Waals surface area contributed by atoms with Crippen LogP contribution < -0.4 is 16.8 Å². The molecule has 0 aliphatic heterocycles. The molecule has 5 nitrogen and oxygen atoms in total. The quantitative estimate of drug-likeness (QED) is 0.736. The maximum Gasteiger partial charge on any atom is 0.248 e. The summed E-state index contributed by atoms with van der Waals surface area (Å²) < 4.78 is 0. The second-order valence-electron chi connectivity index (χ2n) is 4.69. The number of rotatable bonds is 6. The number of hydrogen-bond acceptors (Lipinski definition) is 3. The van der Waals surface area contributed by atoms with Crippen molar-refractivity contribution in [1.29, 1.82) is 0 Å². The largest absolute Gasteiger partial charge is 0.366 e. The average molecular weight is 300 g/mol. The summed E-state index contributed by atoms with van der Waals surface area (Å²) in [5.41, 5.74) is 12.3. The lowest BCUT2D eigenvalue weighted by molar-refractivity contribution is -0.123. The topological polar surface area (TPSA) is 98.2 Å². The van der Waals surface area contributed by atoms with Crippen molar-refractivity contribution in [2.75, 3.05) is 0 Å². The van der Waals surface area contributed by atoms with Crippen molar-refractivity contribution >= 4 is 24.2 Å². The molecule has 1 rings (SSSR count). The van der Waals surface area contributed by atoms with Crippen molar-refractivity contribution in [2.45, 2.75) is 32.9 Å². The summed E-state index contributed by atoms with van der Waals surface area (Å²) >= 11 is 0. The van der Waals surface area contributed by atoms with Gasteiger partial charge in [-0.15, -0.1) is 12.4 Å². The Morgan fingerprint density at radius 3 is 2.55 bits per heavy atom. The summed E-state index contributed by atoms with van der Waals surface area (Å²) in [6.07, 6.45) is 0.853. The Labute approximate surface area is 125 Å². The number of amides is 2. The molecule has 5 N–H and O–H groups in total. The fourth-order valence-corrected chi connectivity index (χ4v) is 1.65. The van der Waals surface area contributed by atoms with Gasteiger partial charge in [0.1, 0.15) is 0 Å². The zero-order chi connectivity index (χ0) is 14.4. The Morgan fingerprint density at radius 1 is 1.35 bits per heavy atom. The lowest BCUT2D eigenvalue weighted by Crippen LogP contribution is -2.44. The summed E-state index contributed by atoms with van der Waals surface area (Å²) in [6.45, 7) is 4.27. The van der Waals surface area contributed by atoms with Crippen LogP contribution in [0.3, 0.4) is 0 Å². The molecule has 2 unspecified atom stereocenters. The Balaban J connectivity index is 0.00000361. The molecule has 0 aromatic heterocycles. The molecule has 0 saturated carbocycles. The summed E-state index contributed by atoms with van der Waals surface area (Å²) in [7, 11) is 0. The molecule has 2 amide bonds. The maximum absolute atomic E-state index is 11.8. The van der Waals surface area contributed by atoms with Gasteiger partial charge in [0, 0.05) is 12.1 Å². The predicted molar refractivity (Wildman–Crippen MR) is 81.5 cm³/mol. The second kappa shape index (κ2) is 8.55. The van der Waals surface area contributed by atoms with E-state index in [9.17, 15) is 9.59 Å². The number of primary amides is 1. The molecule has 0 radical (unpaired) electrons. The van der Waals surface area contributed by atoms with E-state index in [0.717, 1.165) is 12.0 Å². The molecule has 1 aromatic rings. The lowest BCUT2D eigenvalue weighted by Gasteiger charge is -2.17. The zero-order valence-electron chi connectivity index (χ0n) is 11.8. The van der Waals surface area contributed by atoms with Gasteiger partial charge in [-0.3, -0.25) is 9.59 Å². The van der Waals surface area contributed by atoms with E-state index in [1.807, 2.05) is 19.9 Å². The van der Waals surface area contributed by atoms with Gasteiger partial charge in [-0.2, -0.15) is 0 Å². The van der Waals surface area contributed by atoms with Crippen LogP contribution in [0.4, 0.5) is 0 Å². The Bertz CT molecular complexity index is 465. The van der Waals surface area contributed by atoms with Gasteiger partial charge in [0.2, 0.25) is 11.8 Å². The third-order valence-corrected chi connectivity index (χ3v) is 3.24. The van der Waals surface area contributed by atoms with Gasteiger partial charge < -0.3 is 16.8 Å². The number of halogens is 1. The Morgan fingerprint density at radius 2 is 2.00 bits per heavy atom. The fourth-order valence-electron chi connectivity index (χ4n) is 1.65. The molecule has 0 saturated heterocycles. The Hall–Kier alpha value is -1.59. The van der Waals surface area contributed by atoms with Crippen LogP contribution in [0.15, 0.2) is 24.3 Å². The third kappa shape index (κ3) is 5.19. The van der Waals surface area contributed by atoms with Crippen molar-refractivity contribution in [3.05, 3.63) is 35.4 Å². The lowest BCUT2D eigenvalue weighted by atomic mass is 9.99. The minimum Gasteiger partial charge on any atom is -0.366 e. The molecule has 1 aromatic carbocycles. The van der Waals surface area contributed by atoms with Crippen LogP contribution in [0.5, 0.6) is 0 Å².